The number of ketones is 1. The molecule has 1 fully saturated rings. The summed E-state index contributed by atoms with van der Waals surface area (Å²) in [6.07, 6.45) is 3.53. The second kappa shape index (κ2) is 7.28. The zero-order chi connectivity index (χ0) is 19.0. The van der Waals surface area contributed by atoms with Gasteiger partial charge < -0.3 is 4.57 Å². The van der Waals surface area contributed by atoms with E-state index in [1.54, 1.807) is 6.07 Å². The maximum absolute atomic E-state index is 14.0. The van der Waals surface area contributed by atoms with Gasteiger partial charge in [-0.3, -0.25) is 9.69 Å². The minimum atomic E-state index is -0.310. The fourth-order valence-corrected chi connectivity index (χ4v) is 4.17. The normalized spacial score (nSPS) is 15.4. The minimum absolute atomic E-state index is 0.0795. The Morgan fingerprint density at radius 3 is 2.41 bits per heavy atom. The minimum Gasteiger partial charge on any atom is -0.313 e. The average molecular weight is 364 g/mol. The van der Waals surface area contributed by atoms with Crippen molar-refractivity contribution in [1.82, 2.24) is 9.47 Å². The molecule has 0 amide bonds. The van der Waals surface area contributed by atoms with Gasteiger partial charge in [-0.05, 0) is 70.1 Å². The molecular weight excluding hydrogens is 339 g/mol. The van der Waals surface area contributed by atoms with Crippen molar-refractivity contribution >= 4 is 16.7 Å². The Kier molecular flexibility index (Phi) is 4.83. The lowest BCUT2D eigenvalue weighted by atomic mass is 10.0. The molecular formula is C23H25FN2O. The Labute approximate surface area is 159 Å². The highest BCUT2D eigenvalue weighted by molar-refractivity contribution is 6.10. The zero-order valence-electron chi connectivity index (χ0n) is 16.0. The number of halogens is 1. The van der Waals surface area contributed by atoms with Crippen molar-refractivity contribution in [3.8, 4) is 5.69 Å². The number of nitrogens with zero attached hydrogens (tertiary/aromatic N) is 2. The maximum atomic E-state index is 14.0. The second-order valence-corrected chi connectivity index (χ2v) is 7.55. The van der Waals surface area contributed by atoms with Crippen molar-refractivity contribution in [3.63, 3.8) is 0 Å². The number of carbonyl (C=O) groups excluding carboxylic acids is 1. The van der Waals surface area contributed by atoms with E-state index in [9.17, 15) is 9.18 Å². The van der Waals surface area contributed by atoms with Crippen molar-refractivity contribution in [2.24, 2.45) is 0 Å². The SMILES string of the molecule is Cc1ccc(-n2c(C)c(C(=O)CN3CCCCC3)c3cc(F)ccc32)cc1. The highest BCUT2D eigenvalue weighted by atomic mass is 19.1. The topological polar surface area (TPSA) is 25.2 Å². The molecule has 1 aliphatic rings. The first kappa shape index (κ1) is 17.9. The van der Waals surface area contributed by atoms with E-state index in [4.69, 9.17) is 0 Å². The van der Waals surface area contributed by atoms with E-state index in [0.29, 0.717) is 17.5 Å². The van der Waals surface area contributed by atoms with Crippen molar-refractivity contribution < 1.29 is 9.18 Å². The first-order valence-corrected chi connectivity index (χ1v) is 9.68. The largest absolute Gasteiger partial charge is 0.313 e. The van der Waals surface area contributed by atoms with Gasteiger partial charge in [-0.25, -0.2) is 4.39 Å². The molecule has 2 aromatic carbocycles. The molecule has 3 aromatic rings. The Hall–Kier alpha value is -2.46. The molecule has 1 aromatic heterocycles. The summed E-state index contributed by atoms with van der Waals surface area (Å²) in [5.41, 5.74) is 4.57. The number of carbonyl (C=O) groups is 1. The molecule has 0 bridgehead atoms. The summed E-state index contributed by atoms with van der Waals surface area (Å²) in [6, 6.07) is 12.9. The first-order valence-electron chi connectivity index (χ1n) is 9.68. The molecule has 1 aliphatic heterocycles. The summed E-state index contributed by atoms with van der Waals surface area (Å²) in [5.74, 6) is -0.230. The molecule has 1 saturated heterocycles. The van der Waals surface area contributed by atoms with E-state index in [1.165, 1.54) is 24.1 Å². The maximum Gasteiger partial charge on any atom is 0.179 e. The summed E-state index contributed by atoms with van der Waals surface area (Å²) in [7, 11) is 0. The molecule has 27 heavy (non-hydrogen) atoms. The average Bonchev–Trinajstić information content (AvgIpc) is 2.94. The highest BCUT2D eigenvalue weighted by Gasteiger charge is 2.23. The second-order valence-electron chi connectivity index (χ2n) is 7.55. The monoisotopic (exact) mass is 364 g/mol. The lowest BCUT2D eigenvalue weighted by Crippen LogP contribution is -2.34. The Bertz CT molecular complexity index is 982. The Morgan fingerprint density at radius 2 is 1.70 bits per heavy atom. The van der Waals surface area contributed by atoms with Crippen LogP contribution in [-0.2, 0) is 0 Å². The number of fused-ring (bicyclic) bond motifs is 1. The molecule has 2 heterocycles. The van der Waals surface area contributed by atoms with Gasteiger partial charge >= 0.3 is 0 Å². The molecule has 0 N–H and O–H groups in total. The fraction of sp³-hybridized carbons (Fsp3) is 0.348. The number of piperidine rings is 1. The van der Waals surface area contributed by atoms with Gasteiger partial charge in [0.2, 0.25) is 0 Å². The lowest BCUT2D eigenvalue weighted by molar-refractivity contribution is 0.0916. The third-order valence-corrected chi connectivity index (χ3v) is 5.55. The Morgan fingerprint density at radius 1 is 1.00 bits per heavy atom. The predicted octanol–water partition coefficient (Wildman–Crippen LogP) is 5.06. The standard InChI is InChI=1S/C23H25FN2O/c1-16-6-9-19(10-7-16)26-17(2)23(20-14-18(24)8-11-21(20)26)22(27)15-25-12-4-3-5-13-25/h6-11,14H,3-5,12-13,15H2,1-2H3. The van der Waals surface area contributed by atoms with E-state index in [0.717, 1.165) is 42.8 Å². The summed E-state index contributed by atoms with van der Waals surface area (Å²) in [4.78, 5) is 15.4. The Balaban J connectivity index is 1.82. The van der Waals surface area contributed by atoms with Gasteiger partial charge in [-0.15, -0.1) is 0 Å². The molecule has 4 heteroatoms. The van der Waals surface area contributed by atoms with Gasteiger partial charge in [-0.2, -0.15) is 0 Å². The predicted molar refractivity (Wildman–Crippen MR) is 107 cm³/mol. The summed E-state index contributed by atoms with van der Waals surface area (Å²) in [5, 5.41) is 0.704. The van der Waals surface area contributed by atoms with Crippen LogP contribution >= 0.6 is 0 Å². The van der Waals surface area contributed by atoms with Gasteiger partial charge in [0.15, 0.2) is 5.78 Å². The number of rotatable bonds is 4. The molecule has 4 rings (SSSR count). The summed E-state index contributed by atoms with van der Waals surface area (Å²) >= 11 is 0. The van der Waals surface area contributed by atoms with E-state index >= 15 is 0 Å². The van der Waals surface area contributed by atoms with Crippen LogP contribution in [-0.4, -0.2) is 34.9 Å². The number of aryl methyl sites for hydroxylation is 1. The van der Waals surface area contributed by atoms with Crippen molar-refractivity contribution in [1.29, 1.82) is 0 Å². The number of aromatic nitrogens is 1. The molecule has 0 aliphatic carbocycles. The van der Waals surface area contributed by atoms with Crippen molar-refractivity contribution in [2.45, 2.75) is 33.1 Å². The molecule has 0 saturated carbocycles. The smallest absolute Gasteiger partial charge is 0.179 e. The molecule has 0 radical (unpaired) electrons. The molecule has 0 spiro atoms. The van der Waals surface area contributed by atoms with E-state index in [2.05, 4.69) is 21.6 Å². The molecule has 140 valence electrons. The van der Waals surface area contributed by atoms with Gasteiger partial charge in [0.25, 0.3) is 0 Å². The van der Waals surface area contributed by atoms with Crippen LogP contribution in [0.25, 0.3) is 16.6 Å². The lowest BCUT2D eigenvalue weighted by Gasteiger charge is -2.25. The van der Waals surface area contributed by atoms with Crippen LogP contribution in [0.2, 0.25) is 0 Å². The third kappa shape index (κ3) is 3.42. The summed E-state index contributed by atoms with van der Waals surface area (Å²) in [6.45, 7) is 6.35. The van der Waals surface area contributed by atoms with E-state index < -0.39 is 0 Å². The highest BCUT2D eigenvalue weighted by Crippen LogP contribution is 2.30. The fourth-order valence-electron chi connectivity index (χ4n) is 4.17. The van der Waals surface area contributed by atoms with Crippen LogP contribution in [0.15, 0.2) is 42.5 Å². The van der Waals surface area contributed by atoms with Crippen LogP contribution in [0.4, 0.5) is 4.39 Å². The van der Waals surface area contributed by atoms with Crippen LogP contribution in [0.1, 0.15) is 40.9 Å². The van der Waals surface area contributed by atoms with Gasteiger partial charge in [0, 0.05) is 22.3 Å². The number of Topliss-reactive ketones (excluding diaryl/α,β-unsaturated/α-hetero) is 1. The van der Waals surface area contributed by atoms with Crippen LogP contribution in [0.5, 0.6) is 0 Å². The van der Waals surface area contributed by atoms with Crippen molar-refractivity contribution in [2.75, 3.05) is 19.6 Å². The molecule has 0 atom stereocenters. The molecule has 0 unspecified atom stereocenters. The van der Waals surface area contributed by atoms with Crippen molar-refractivity contribution in [3.05, 3.63) is 65.1 Å². The first-order chi connectivity index (χ1) is 13.0. The third-order valence-electron chi connectivity index (χ3n) is 5.55. The zero-order valence-corrected chi connectivity index (χ0v) is 16.0. The van der Waals surface area contributed by atoms with Gasteiger partial charge in [0.05, 0.1) is 12.1 Å². The molecule has 3 nitrogen and oxygen atoms in total. The van der Waals surface area contributed by atoms with Gasteiger partial charge in [0.1, 0.15) is 5.82 Å². The number of likely N-dealkylation sites (tertiary alicyclic amines) is 1. The summed E-state index contributed by atoms with van der Waals surface area (Å²) < 4.78 is 16.1. The quantitative estimate of drug-likeness (QED) is 0.605. The number of hydrogen-bond donors (Lipinski definition) is 0. The van der Waals surface area contributed by atoms with Gasteiger partial charge in [-0.1, -0.05) is 24.1 Å². The van der Waals surface area contributed by atoms with E-state index in [1.807, 2.05) is 26.0 Å². The van der Waals surface area contributed by atoms with Crippen LogP contribution < -0.4 is 0 Å². The van der Waals surface area contributed by atoms with E-state index in [-0.39, 0.29) is 11.6 Å². The number of hydrogen-bond acceptors (Lipinski definition) is 2. The number of benzene rings is 2. The van der Waals surface area contributed by atoms with Crippen LogP contribution in [0.3, 0.4) is 0 Å². The van der Waals surface area contributed by atoms with Crippen LogP contribution in [0, 0.1) is 19.7 Å².